The second-order valence-corrected chi connectivity index (χ2v) is 7.85. The van der Waals surface area contributed by atoms with Gasteiger partial charge in [0.1, 0.15) is 11.2 Å². The molecule has 2 saturated carbocycles. The fourth-order valence-corrected chi connectivity index (χ4v) is 4.94. The molecule has 108 valence electrons. The van der Waals surface area contributed by atoms with E-state index >= 15 is 0 Å². The van der Waals surface area contributed by atoms with Crippen LogP contribution >= 0.6 is 11.3 Å². The molecule has 2 aliphatic rings. The summed E-state index contributed by atoms with van der Waals surface area (Å²) in [7, 11) is 0. The van der Waals surface area contributed by atoms with Gasteiger partial charge in [-0.2, -0.15) is 0 Å². The summed E-state index contributed by atoms with van der Waals surface area (Å²) in [5, 5.41) is 11.0. The Morgan fingerprint density at radius 2 is 2.10 bits per heavy atom. The van der Waals surface area contributed by atoms with Gasteiger partial charge in [-0.1, -0.05) is 26.2 Å². The van der Waals surface area contributed by atoms with Gasteiger partial charge in [-0.3, -0.25) is 4.40 Å². The summed E-state index contributed by atoms with van der Waals surface area (Å²) in [6.07, 6.45) is 12.2. The van der Waals surface area contributed by atoms with Crippen LogP contribution in [-0.2, 0) is 5.41 Å². The third-order valence-corrected chi connectivity index (χ3v) is 6.65. The first kappa shape index (κ1) is 12.8. The number of aliphatic hydroxyl groups is 1. The second kappa shape index (κ2) is 4.57. The standard InChI is InChI=1S/C16H22N2OS/c1-16(7-8-16)15-13(18-10-17-9-12(18)20-15)14(19)11-5-3-2-4-6-11/h9-11,14,19H,2-8H2,1H3. The van der Waals surface area contributed by atoms with Gasteiger partial charge in [0.25, 0.3) is 0 Å². The van der Waals surface area contributed by atoms with Crippen LogP contribution in [0.4, 0.5) is 0 Å². The summed E-state index contributed by atoms with van der Waals surface area (Å²) in [6, 6.07) is 0. The summed E-state index contributed by atoms with van der Waals surface area (Å²) in [6.45, 7) is 2.34. The average molecular weight is 290 g/mol. The lowest BCUT2D eigenvalue weighted by molar-refractivity contribution is 0.0795. The van der Waals surface area contributed by atoms with Gasteiger partial charge in [-0.15, -0.1) is 11.3 Å². The van der Waals surface area contributed by atoms with Crippen LogP contribution in [0.3, 0.4) is 0 Å². The Bertz CT molecular complexity index is 619. The van der Waals surface area contributed by atoms with Crippen LogP contribution in [0.1, 0.15) is 68.5 Å². The van der Waals surface area contributed by atoms with Crippen LogP contribution in [0.2, 0.25) is 0 Å². The van der Waals surface area contributed by atoms with E-state index in [0.717, 1.165) is 5.69 Å². The summed E-state index contributed by atoms with van der Waals surface area (Å²) < 4.78 is 2.14. The summed E-state index contributed by atoms with van der Waals surface area (Å²) >= 11 is 1.83. The molecule has 0 aliphatic heterocycles. The van der Waals surface area contributed by atoms with Crippen LogP contribution in [0.25, 0.3) is 4.83 Å². The van der Waals surface area contributed by atoms with Crippen LogP contribution in [0, 0.1) is 5.92 Å². The summed E-state index contributed by atoms with van der Waals surface area (Å²) in [5.74, 6) is 0.435. The molecule has 3 nitrogen and oxygen atoms in total. The van der Waals surface area contributed by atoms with Gasteiger partial charge >= 0.3 is 0 Å². The molecule has 2 fully saturated rings. The van der Waals surface area contributed by atoms with Crippen LogP contribution in [-0.4, -0.2) is 14.5 Å². The molecule has 0 radical (unpaired) electrons. The van der Waals surface area contributed by atoms with Gasteiger partial charge in [0.05, 0.1) is 18.0 Å². The molecule has 20 heavy (non-hydrogen) atoms. The van der Waals surface area contributed by atoms with E-state index in [9.17, 15) is 5.11 Å². The number of rotatable bonds is 3. The van der Waals surface area contributed by atoms with E-state index in [1.54, 1.807) is 0 Å². The van der Waals surface area contributed by atoms with E-state index in [1.807, 2.05) is 23.9 Å². The monoisotopic (exact) mass is 290 g/mol. The zero-order valence-corrected chi connectivity index (χ0v) is 12.8. The van der Waals surface area contributed by atoms with Crippen molar-refractivity contribution in [2.75, 3.05) is 0 Å². The van der Waals surface area contributed by atoms with Gasteiger partial charge < -0.3 is 5.11 Å². The van der Waals surface area contributed by atoms with Crippen molar-refractivity contribution in [3.05, 3.63) is 23.1 Å². The molecular formula is C16H22N2OS. The van der Waals surface area contributed by atoms with E-state index in [-0.39, 0.29) is 6.10 Å². The average Bonchev–Trinajstić information content (AvgIpc) is 2.90. The van der Waals surface area contributed by atoms with E-state index in [2.05, 4.69) is 16.3 Å². The highest BCUT2D eigenvalue weighted by Crippen LogP contribution is 2.53. The second-order valence-electron chi connectivity index (χ2n) is 6.82. The van der Waals surface area contributed by atoms with Gasteiger partial charge in [-0.25, -0.2) is 4.98 Å². The Hall–Kier alpha value is -0.870. The molecule has 2 aliphatic carbocycles. The normalized spacial score (nSPS) is 24.1. The number of aliphatic hydroxyl groups excluding tert-OH is 1. The van der Waals surface area contributed by atoms with Crippen molar-refractivity contribution in [1.29, 1.82) is 0 Å². The van der Waals surface area contributed by atoms with E-state index in [4.69, 9.17) is 0 Å². The summed E-state index contributed by atoms with van der Waals surface area (Å²) in [5.41, 5.74) is 1.46. The predicted octanol–water partition coefficient (Wildman–Crippen LogP) is 4.06. The van der Waals surface area contributed by atoms with Crippen molar-refractivity contribution in [1.82, 2.24) is 9.38 Å². The number of thiazole rings is 1. The molecule has 0 bridgehead atoms. The molecule has 1 atom stereocenters. The molecule has 0 aromatic carbocycles. The van der Waals surface area contributed by atoms with Crippen molar-refractivity contribution in [3.8, 4) is 0 Å². The lowest BCUT2D eigenvalue weighted by Gasteiger charge is -2.27. The highest BCUT2D eigenvalue weighted by Gasteiger charge is 2.44. The molecule has 2 aromatic rings. The van der Waals surface area contributed by atoms with Crippen molar-refractivity contribution in [2.45, 2.75) is 63.4 Å². The SMILES string of the molecule is CC1(c2sc3cncn3c2C(O)C2CCCCC2)CC1. The Morgan fingerprint density at radius 1 is 1.35 bits per heavy atom. The minimum Gasteiger partial charge on any atom is -0.387 e. The molecule has 1 unspecified atom stereocenters. The highest BCUT2D eigenvalue weighted by molar-refractivity contribution is 7.17. The Kier molecular flexibility index (Phi) is 2.93. The molecule has 2 heterocycles. The quantitative estimate of drug-likeness (QED) is 0.925. The molecule has 0 saturated heterocycles. The molecule has 1 N–H and O–H groups in total. The molecule has 2 aromatic heterocycles. The van der Waals surface area contributed by atoms with E-state index in [0.29, 0.717) is 11.3 Å². The first-order valence-corrected chi connectivity index (χ1v) is 8.64. The number of fused-ring (bicyclic) bond motifs is 1. The minimum atomic E-state index is -0.314. The molecule has 4 heteroatoms. The lowest BCUT2D eigenvalue weighted by atomic mass is 9.83. The lowest BCUT2D eigenvalue weighted by Crippen LogP contribution is -2.19. The zero-order valence-electron chi connectivity index (χ0n) is 12.0. The number of nitrogens with zero attached hydrogens (tertiary/aromatic N) is 2. The fraction of sp³-hybridized carbons (Fsp3) is 0.688. The maximum absolute atomic E-state index is 11.0. The maximum Gasteiger partial charge on any atom is 0.120 e. The smallest absolute Gasteiger partial charge is 0.120 e. The number of hydrogen-bond acceptors (Lipinski definition) is 3. The van der Waals surface area contributed by atoms with E-state index in [1.165, 1.54) is 54.7 Å². The minimum absolute atomic E-state index is 0.314. The zero-order chi connectivity index (χ0) is 13.7. The van der Waals surface area contributed by atoms with E-state index < -0.39 is 0 Å². The highest BCUT2D eigenvalue weighted by atomic mass is 32.1. The van der Waals surface area contributed by atoms with Gasteiger partial charge in [0, 0.05) is 10.3 Å². The summed E-state index contributed by atoms with van der Waals surface area (Å²) in [4.78, 5) is 6.84. The number of imidazole rings is 1. The Morgan fingerprint density at radius 3 is 2.80 bits per heavy atom. The first-order valence-electron chi connectivity index (χ1n) is 7.82. The third-order valence-electron chi connectivity index (χ3n) is 5.23. The molecule has 0 spiro atoms. The van der Waals surface area contributed by atoms with Gasteiger partial charge in [-0.05, 0) is 31.6 Å². The molecule has 0 amide bonds. The van der Waals surface area contributed by atoms with Crippen molar-refractivity contribution >= 4 is 16.2 Å². The van der Waals surface area contributed by atoms with Crippen molar-refractivity contribution in [2.24, 2.45) is 5.92 Å². The molecule has 4 rings (SSSR count). The largest absolute Gasteiger partial charge is 0.387 e. The van der Waals surface area contributed by atoms with Crippen molar-refractivity contribution in [3.63, 3.8) is 0 Å². The predicted molar refractivity (Wildman–Crippen MR) is 81.2 cm³/mol. The van der Waals surface area contributed by atoms with Crippen LogP contribution < -0.4 is 0 Å². The van der Waals surface area contributed by atoms with Crippen LogP contribution in [0.5, 0.6) is 0 Å². The van der Waals surface area contributed by atoms with Gasteiger partial charge in [0.2, 0.25) is 0 Å². The number of hydrogen-bond donors (Lipinski definition) is 1. The fourth-order valence-electron chi connectivity index (χ4n) is 3.60. The third kappa shape index (κ3) is 1.92. The Labute approximate surface area is 123 Å². The Balaban J connectivity index is 1.78. The van der Waals surface area contributed by atoms with Crippen LogP contribution in [0.15, 0.2) is 12.5 Å². The van der Waals surface area contributed by atoms with Gasteiger partial charge in [0.15, 0.2) is 0 Å². The maximum atomic E-state index is 11.0. The van der Waals surface area contributed by atoms with Crippen molar-refractivity contribution < 1.29 is 5.11 Å². The number of aromatic nitrogens is 2. The molecular weight excluding hydrogens is 268 g/mol. The first-order chi connectivity index (χ1) is 9.69. The topological polar surface area (TPSA) is 37.5 Å².